The summed E-state index contributed by atoms with van der Waals surface area (Å²) in [5.41, 5.74) is 0. The molecule has 2 aromatic rings. The van der Waals surface area contributed by atoms with Gasteiger partial charge < -0.3 is 14.1 Å². The summed E-state index contributed by atoms with van der Waals surface area (Å²) < 4.78 is 24.3. The zero-order valence-electron chi connectivity index (χ0n) is 16.4. The van der Waals surface area contributed by atoms with Gasteiger partial charge in [-0.3, -0.25) is 4.79 Å². The molecule has 0 spiro atoms. The molecule has 2 unspecified atom stereocenters. The number of nitrogens with zero attached hydrogens (tertiary/aromatic N) is 3. The standard InChI is InChI=1S/C20H26FN3O3S/c1-13(26-17-11-9-15(21)10-12-17)18-22-23-20(27-18)28-14(2)19(25)24(3)16-7-5-4-6-8-16/h9-14,16H,4-8H2,1-3H3. The molecule has 1 saturated carbocycles. The number of carbonyl (C=O) groups is 1. The van der Waals surface area contributed by atoms with Crippen molar-refractivity contribution in [1.29, 1.82) is 0 Å². The van der Waals surface area contributed by atoms with E-state index in [9.17, 15) is 9.18 Å². The molecule has 1 heterocycles. The minimum Gasteiger partial charge on any atom is -0.481 e. The summed E-state index contributed by atoms with van der Waals surface area (Å²) in [4.78, 5) is 14.6. The molecule has 28 heavy (non-hydrogen) atoms. The fourth-order valence-corrected chi connectivity index (χ4v) is 4.13. The van der Waals surface area contributed by atoms with E-state index in [0.29, 0.717) is 22.9 Å². The van der Waals surface area contributed by atoms with Gasteiger partial charge in [-0.2, -0.15) is 0 Å². The summed E-state index contributed by atoms with van der Waals surface area (Å²) in [7, 11) is 1.88. The first kappa shape index (κ1) is 20.6. The van der Waals surface area contributed by atoms with Gasteiger partial charge in [0.1, 0.15) is 11.6 Å². The average Bonchev–Trinajstić information content (AvgIpc) is 3.18. The van der Waals surface area contributed by atoms with Crippen molar-refractivity contribution in [2.75, 3.05) is 7.05 Å². The van der Waals surface area contributed by atoms with Crippen LogP contribution in [0.2, 0.25) is 0 Å². The summed E-state index contributed by atoms with van der Waals surface area (Å²) in [5, 5.41) is 8.06. The minimum absolute atomic E-state index is 0.0762. The van der Waals surface area contributed by atoms with Crippen LogP contribution in [0.5, 0.6) is 5.75 Å². The van der Waals surface area contributed by atoms with E-state index in [2.05, 4.69) is 10.2 Å². The number of thioether (sulfide) groups is 1. The van der Waals surface area contributed by atoms with Gasteiger partial charge in [0.25, 0.3) is 11.1 Å². The van der Waals surface area contributed by atoms with E-state index in [4.69, 9.17) is 9.15 Å². The highest BCUT2D eigenvalue weighted by Gasteiger charge is 2.27. The molecule has 0 saturated heterocycles. The molecule has 152 valence electrons. The molecule has 0 bridgehead atoms. The molecule has 1 fully saturated rings. The van der Waals surface area contributed by atoms with Crippen molar-refractivity contribution in [1.82, 2.24) is 15.1 Å². The van der Waals surface area contributed by atoms with Crippen molar-refractivity contribution in [3.63, 3.8) is 0 Å². The lowest BCUT2D eigenvalue weighted by molar-refractivity contribution is -0.131. The van der Waals surface area contributed by atoms with Gasteiger partial charge in [-0.1, -0.05) is 31.0 Å². The fourth-order valence-electron chi connectivity index (χ4n) is 3.34. The molecule has 0 N–H and O–H groups in total. The molecule has 1 amide bonds. The lowest BCUT2D eigenvalue weighted by Gasteiger charge is -2.32. The third kappa shape index (κ3) is 5.25. The summed E-state index contributed by atoms with van der Waals surface area (Å²) in [6.45, 7) is 3.63. The Morgan fingerprint density at radius 2 is 1.89 bits per heavy atom. The van der Waals surface area contributed by atoms with E-state index < -0.39 is 6.10 Å². The van der Waals surface area contributed by atoms with Crippen LogP contribution in [0.4, 0.5) is 4.39 Å². The van der Waals surface area contributed by atoms with Crippen molar-refractivity contribution in [2.45, 2.75) is 68.6 Å². The fraction of sp³-hybridized carbons (Fsp3) is 0.550. The molecular weight excluding hydrogens is 381 g/mol. The van der Waals surface area contributed by atoms with Crippen LogP contribution in [0.25, 0.3) is 0 Å². The number of halogens is 1. The maximum Gasteiger partial charge on any atom is 0.277 e. The molecule has 0 radical (unpaired) electrons. The van der Waals surface area contributed by atoms with Gasteiger partial charge in [0.05, 0.1) is 5.25 Å². The Morgan fingerprint density at radius 1 is 1.21 bits per heavy atom. The molecule has 3 rings (SSSR count). The highest BCUT2D eigenvalue weighted by Crippen LogP contribution is 2.29. The van der Waals surface area contributed by atoms with Gasteiger partial charge in [0, 0.05) is 13.1 Å². The normalized spacial score (nSPS) is 17.1. The highest BCUT2D eigenvalue weighted by molar-refractivity contribution is 8.00. The van der Waals surface area contributed by atoms with Crippen LogP contribution in [-0.2, 0) is 4.79 Å². The van der Waals surface area contributed by atoms with Crippen LogP contribution in [-0.4, -0.2) is 39.3 Å². The van der Waals surface area contributed by atoms with Crippen molar-refractivity contribution in [3.8, 4) is 5.75 Å². The molecule has 1 aliphatic rings. The Bertz CT molecular complexity index is 777. The van der Waals surface area contributed by atoms with Crippen molar-refractivity contribution in [3.05, 3.63) is 36.0 Å². The second-order valence-corrected chi connectivity index (χ2v) is 8.41. The van der Waals surface area contributed by atoms with Crippen LogP contribution >= 0.6 is 11.8 Å². The van der Waals surface area contributed by atoms with Gasteiger partial charge in [0.15, 0.2) is 6.10 Å². The smallest absolute Gasteiger partial charge is 0.277 e. The Morgan fingerprint density at radius 3 is 2.57 bits per heavy atom. The molecule has 6 nitrogen and oxygen atoms in total. The van der Waals surface area contributed by atoms with E-state index in [1.807, 2.05) is 18.9 Å². The summed E-state index contributed by atoms with van der Waals surface area (Å²) in [6, 6.07) is 6.06. The number of amides is 1. The number of aromatic nitrogens is 2. The number of ether oxygens (including phenoxy) is 1. The maximum atomic E-state index is 13.0. The van der Waals surface area contributed by atoms with Gasteiger partial charge in [-0.25, -0.2) is 4.39 Å². The highest BCUT2D eigenvalue weighted by atomic mass is 32.2. The first-order valence-electron chi connectivity index (χ1n) is 9.63. The molecule has 1 aromatic heterocycles. The lowest BCUT2D eigenvalue weighted by Crippen LogP contribution is -2.42. The zero-order chi connectivity index (χ0) is 20.1. The molecule has 1 aromatic carbocycles. The van der Waals surface area contributed by atoms with E-state index in [-0.39, 0.29) is 17.0 Å². The van der Waals surface area contributed by atoms with Crippen LogP contribution in [0.1, 0.15) is 57.9 Å². The van der Waals surface area contributed by atoms with Crippen molar-refractivity contribution < 1.29 is 18.3 Å². The second-order valence-electron chi connectivity index (χ2n) is 7.12. The first-order valence-corrected chi connectivity index (χ1v) is 10.5. The van der Waals surface area contributed by atoms with Crippen molar-refractivity contribution >= 4 is 17.7 Å². The lowest BCUT2D eigenvalue weighted by atomic mass is 9.94. The van der Waals surface area contributed by atoms with E-state index in [0.717, 1.165) is 12.8 Å². The number of carbonyl (C=O) groups excluding carboxylic acids is 1. The predicted molar refractivity (Wildman–Crippen MR) is 105 cm³/mol. The van der Waals surface area contributed by atoms with E-state index in [1.165, 1.54) is 43.2 Å². The quantitative estimate of drug-likeness (QED) is 0.624. The van der Waals surface area contributed by atoms with E-state index >= 15 is 0 Å². The van der Waals surface area contributed by atoms with E-state index in [1.54, 1.807) is 19.1 Å². The average molecular weight is 408 g/mol. The number of benzene rings is 1. The van der Waals surface area contributed by atoms with Crippen LogP contribution in [0.3, 0.4) is 0 Å². The van der Waals surface area contributed by atoms with Gasteiger partial charge in [-0.15, -0.1) is 10.2 Å². The number of hydrogen-bond acceptors (Lipinski definition) is 6. The number of rotatable bonds is 7. The Kier molecular flexibility index (Phi) is 6.93. The Labute approximate surface area is 168 Å². The minimum atomic E-state index is -0.483. The molecular formula is C20H26FN3O3S. The zero-order valence-corrected chi connectivity index (χ0v) is 17.2. The van der Waals surface area contributed by atoms with Crippen LogP contribution in [0, 0.1) is 5.82 Å². The Hall–Kier alpha value is -2.09. The third-order valence-corrected chi connectivity index (χ3v) is 5.91. The van der Waals surface area contributed by atoms with Crippen LogP contribution in [0.15, 0.2) is 33.9 Å². The predicted octanol–water partition coefficient (Wildman–Crippen LogP) is 4.62. The second kappa shape index (κ2) is 9.41. The topological polar surface area (TPSA) is 68.5 Å². The maximum absolute atomic E-state index is 13.0. The SMILES string of the molecule is CC(Sc1nnc(C(C)Oc2ccc(F)cc2)o1)C(=O)N(C)C1CCCCC1. The molecule has 8 heteroatoms. The van der Waals surface area contributed by atoms with Gasteiger partial charge in [0.2, 0.25) is 5.91 Å². The Balaban J connectivity index is 1.55. The third-order valence-electron chi connectivity index (χ3n) is 4.99. The summed E-state index contributed by atoms with van der Waals surface area (Å²) in [5.74, 6) is 0.576. The van der Waals surface area contributed by atoms with Gasteiger partial charge >= 0.3 is 0 Å². The van der Waals surface area contributed by atoms with Crippen LogP contribution < -0.4 is 4.74 Å². The monoisotopic (exact) mass is 407 g/mol. The summed E-state index contributed by atoms with van der Waals surface area (Å²) >= 11 is 1.25. The molecule has 1 aliphatic carbocycles. The largest absolute Gasteiger partial charge is 0.481 e. The first-order chi connectivity index (χ1) is 13.4. The molecule has 2 atom stereocenters. The molecule has 0 aliphatic heterocycles. The summed E-state index contributed by atoms with van der Waals surface area (Å²) in [6.07, 6.45) is 5.28. The van der Waals surface area contributed by atoms with Crippen molar-refractivity contribution in [2.24, 2.45) is 0 Å². The van der Waals surface area contributed by atoms with Gasteiger partial charge in [-0.05, 0) is 51.0 Å². The number of hydrogen-bond donors (Lipinski definition) is 0.